The molecule has 1 saturated heterocycles. The molecular weight excluding hydrogens is 450 g/mol. The Hall–Kier alpha value is -1.35. The molecule has 1 aliphatic rings. The fraction of sp³-hybridized carbons (Fsp3) is 0.524. The van der Waals surface area contributed by atoms with Crippen LogP contribution in [0.1, 0.15) is 18.9 Å². The van der Waals surface area contributed by atoms with Crippen LogP contribution in [0.4, 0.5) is 0 Å². The maximum absolute atomic E-state index is 5.84. The van der Waals surface area contributed by atoms with Crippen molar-refractivity contribution in [2.24, 2.45) is 0 Å². The van der Waals surface area contributed by atoms with Gasteiger partial charge in [0.2, 0.25) is 0 Å². The minimum absolute atomic E-state index is 0.494. The Morgan fingerprint density at radius 3 is 2.76 bits per heavy atom. The second-order valence-electron chi connectivity index (χ2n) is 8.56. The van der Waals surface area contributed by atoms with E-state index in [-0.39, 0.29) is 0 Å². The highest BCUT2D eigenvalue weighted by Gasteiger charge is 2.20. The summed E-state index contributed by atoms with van der Waals surface area (Å²) >= 11 is 3.54. The van der Waals surface area contributed by atoms with Gasteiger partial charge in [-0.15, -0.1) is 0 Å². The summed E-state index contributed by atoms with van der Waals surface area (Å²) in [6.45, 7) is 3.40. The molecule has 4 rings (SSSR count). The molecule has 29 heavy (non-hydrogen) atoms. The van der Waals surface area contributed by atoms with Gasteiger partial charge in [0.1, 0.15) is 11.3 Å². The van der Waals surface area contributed by atoms with Crippen molar-refractivity contribution in [1.82, 2.24) is 24.6 Å². The molecule has 1 N–H and O–H groups in total. The zero-order valence-electron chi connectivity index (χ0n) is 17.4. The zero-order valence-corrected chi connectivity index (χ0v) is 19.8. The monoisotopic (exact) mass is 479 g/mol. The van der Waals surface area contributed by atoms with Gasteiger partial charge in [-0.3, -0.25) is 0 Å². The molecule has 0 saturated carbocycles. The van der Waals surface area contributed by atoms with Crippen LogP contribution in [0.15, 0.2) is 35.5 Å². The first-order valence-corrected chi connectivity index (χ1v) is 13.9. The predicted octanol–water partition coefficient (Wildman–Crippen LogP) is 4.25. The van der Waals surface area contributed by atoms with Gasteiger partial charge in [-0.1, -0.05) is 0 Å². The van der Waals surface area contributed by atoms with Gasteiger partial charge in [0.15, 0.2) is 0 Å². The maximum Gasteiger partial charge on any atom is 0.139 e. The number of hydrogen-bond acceptors (Lipinski definition) is 4. The fourth-order valence-corrected chi connectivity index (χ4v) is 4.73. The largest absolute Gasteiger partial charge is 0.358 e. The number of halogens is 1. The molecule has 0 amide bonds. The summed E-state index contributed by atoms with van der Waals surface area (Å²) in [4.78, 5) is 4.49. The van der Waals surface area contributed by atoms with E-state index in [0.29, 0.717) is 12.8 Å². The average molecular weight is 480 g/mol. The van der Waals surface area contributed by atoms with Crippen molar-refractivity contribution >= 4 is 36.9 Å². The molecule has 1 fully saturated rings. The molecule has 0 aliphatic carbocycles. The smallest absolute Gasteiger partial charge is 0.139 e. The normalized spacial score (nSPS) is 16.6. The van der Waals surface area contributed by atoms with E-state index in [0.717, 1.165) is 48.5 Å². The van der Waals surface area contributed by atoms with Crippen LogP contribution in [-0.4, -0.2) is 63.5 Å². The molecule has 3 aromatic rings. The summed E-state index contributed by atoms with van der Waals surface area (Å²) in [6, 6.07) is 2.62. The van der Waals surface area contributed by atoms with E-state index >= 15 is 0 Å². The van der Waals surface area contributed by atoms with Crippen molar-refractivity contribution in [1.29, 1.82) is 0 Å². The molecule has 4 heterocycles. The van der Waals surface area contributed by atoms with Crippen LogP contribution >= 0.6 is 26.0 Å². The Morgan fingerprint density at radius 1 is 1.21 bits per heavy atom. The summed E-state index contributed by atoms with van der Waals surface area (Å²) in [5.74, 6) is 1.12. The molecule has 0 radical (unpaired) electrons. The number of hydrogen-bond donors (Lipinski definition) is 1. The minimum Gasteiger partial charge on any atom is -0.358 e. The van der Waals surface area contributed by atoms with Gasteiger partial charge in [-0.2, -0.15) is 5.10 Å². The summed E-state index contributed by atoms with van der Waals surface area (Å²) in [5, 5.41) is 9.19. The molecule has 1 aliphatic heterocycles. The second-order valence-corrected chi connectivity index (χ2v) is 14.0. The highest BCUT2D eigenvalue weighted by molar-refractivity contribution is 9.10. The lowest BCUT2D eigenvalue weighted by atomic mass is 10.1. The van der Waals surface area contributed by atoms with Crippen molar-refractivity contribution in [3.05, 3.63) is 35.5 Å². The summed E-state index contributed by atoms with van der Waals surface area (Å²) in [5.41, 5.74) is 3.50. The SMILES string of the molecule is CS(C)(C)CCOCn1cc(-c2cn(C3CCNCC3)c3cnc(Br)cc23)cn1. The average Bonchev–Trinajstić information content (AvgIpc) is 3.29. The van der Waals surface area contributed by atoms with Crippen LogP contribution in [0.2, 0.25) is 0 Å². The molecule has 6 nitrogen and oxygen atoms in total. The van der Waals surface area contributed by atoms with Crippen molar-refractivity contribution in [2.75, 3.05) is 44.2 Å². The summed E-state index contributed by atoms with van der Waals surface area (Å²) in [7, 11) is -0.525. The second kappa shape index (κ2) is 8.79. The molecule has 158 valence electrons. The van der Waals surface area contributed by atoms with E-state index in [9.17, 15) is 0 Å². The van der Waals surface area contributed by atoms with Crippen LogP contribution < -0.4 is 5.32 Å². The van der Waals surface area contributed by atoms with Crippen molar-refractivity contribution in [3.63, 3.8) is 0 Å². The first-order chi connectivity index (χ1) is 13.9. The van der Waals surface area contributed by atoms with E-state index in [2.05, 4.69) is 73.1 Å². The Kier molecular flexibility index (Phi) is 6.34. The van der Waals surface area contributed by atoms with Gasteiger partial charge in [-0.05, 0) is 66.7 Å². The lowest BCUT2D eigenvalue weighted by Crippen LogP contribution is -2.29. The van der Waals surface area contributed by atoms with Gasteiger partial charge >= 0.3 is 0 Å². The Morgan fingerprint density at radius 2 is 2.00 bits per heavy atom. The standard InChI is InChI=1S/C21H30BrN5OS/c1-29(2,3)9-8-28-15-26-13-16(11-25-26)19-14-27(17-4-6-23-7-5-17)20-12-24-21(22)10-18(19)20/h10-14,17,23H,4-9,15H2,1-3H3. The molecule has 3 aromatic heterocycles. The van der Waals surface area contributed by atoms with Gasteiger partial charge in [0, 0.05) is 40.7 Å². The lowest BCUT2D eigenvalue weighted by Gasteiger charge is -2.25. The highest BCUT2D eigenvalue weighted by atomic mass is 79.9. The zero-order chi connectivity index (χ0) is 20.4. The number of piperidine rings is 1. The number of nitrogens with zero attached hydrogens (tertiary/aromatic N) is 4. The number of aromatic nitrogens is 4. The van der Waals surface area contributed by atoms with Crippen molar-refractivity contribution in [2.45, 2.75) is 25.6 Å². The quantitative estimate of drug-likeness (QED) is 0.406. The van der Waals surface area contributed by atoms with Crippen molar-refractivity contribution in [3.8, 4) is 11.1 Å². The molecule has 8 heteroatoms. The van der Waals surface area contributed by atoms with Gasteiger partial charge in [0.25, 0.3) is 0 Å². The molecule has 0 unspecified atom stereocenters. The van der Waals surface area contributed by atoms with Crippen LogP contribution in [0.3, 0.4) is 0 Å². The van der Waals surface area contributed by atoms with E-state index in [1.54, 1.807) is 0 Å². The highest BCUT2D eigenvalue weighted by Crippen LogP contribution is 2.35. The molecule has 0 aromatic carbocycles. The summed E-state index contributed by atoms with van der Waals surface area (Å²) in [6.07, 6.45) is 17.5. The van der Waals surface area contributed by atoms with Gasteiger partial charge in [-0.25, -0.2) is 19.7 Å². The Balaban J connectivity index is 1.57. The lowest BCUT2D eigenvalue weighted by molar-refractivity contribution is 0.0809. The Labute approximate surface area is 182 Å². The van der Waals surface area contributed by atoms with E-state index in [1.807, 2.05) is 17.1 Å². The third-order valence-corrected chi connectivity index (χ3v) is 7.22. The molecule has 0 spiro atoms. The van der Waals surface area contributed by atoms with E-state index in [1.165, 1.54) is 16.5 Å². The van der Waals surface area contributed by atoms with Gasteiger partial charge in [0.05, 0.1) is 24.5 Å². The molecule has 0 bridgehead atoms. The number of pyridine rings is 1. The van der Waals surface area contributed by atoms with Crippen molar-refractivity contribution < 1.29 is 4.74 Å². The van der Waals surface area contributed by atoms with E-state index in [4.69, 9.17) is 4.74 Å². The summed E-state index contributed by atoms with van der Waals surface area (Å²) < 4.78 is 11.0. The minimum atomic E-state index is -0.525. The number of nitrogens with one attached hydrogen (secondary N) is 1. The third-order valence-electron chi connectivity index (χ3n) is 5.40. The van der Waals surface area contributed by atoms with Gasteiger partial charge < -0.3 is 14.6 Å². The van der Waals surface area contributed by atoms with Crippen LogP contribution in [0.5, 0.6) is 0 Å². The van der Waals surface area contributed by atoms with E-state index < -0.39 is 10.0 Å². The maximum atomic E-state index is 5.84. The topological polar surface area (TPSA) is 56.9 Å². The number of fused-ring (bicyclic) bond motifs is 1. The first-order valence-electron chi connectivity index (χ1n) is 10.0. The fourth-order valence-electron chi connectivity index (χ4n) is 3.78. The van der Waals surface area contributed by atoms with Crippen LogP contribution in [0.25, 0.3) is 22.0 Å². The Bertz CT molecular complexity index is 971. The van der Waals surface area contributed by atoms with Crippen LogP contribution in [-0.2, 0) is 11.5 Å². The predicted molar refractivity (Wildman–Crippen MR) is 126 cm³/mol. The third kappa shape index (κ3) is 5.05. The molecular formula is C21H30BrN5OS. The first kappa shape index (κ1) is 20.9. The molecule has 0 atom stereocenters. The number of ether oxygens (including phenoxy) is 1. The van der Waals surface area contributed by atoms with Crippen LogP contribution in [0, 0.1) is 0 Å². The number of rotatable bonds is 7.